The molecule has 156 valence electrons. The number of para-hydroxylation sites is 1. The zero-order valence-corrected chi connectivity index (χ0v) is 17.2. The van der Waals surface area contributed by atoms with Crippen molar-refractivity contribution in [2.75, 3.05) is 39.3 Å². The van der Waals surface area contributed by atoms with Crippen LogP contribution in [0.25, 0.3) is 10.9 Å². The fourth-order valence-electron chi connectivity index (χ4n) is 4.11. The molecule has 2 fully saturated rings. The molecule has 0 bridgehead atoms. The lowest BCUT2D eigenvalue weighted by Gasteiger charge is -2.36. The Hall–Kier alpha value is -2.23. The average molecular weight is 419 g/mol. The number of piperazine rings is 1. The standard InChI is InChI=1S/C20H26N4O4S/c25-19-15-17(16-7-3-4-8-18(16)21-19)20(26)22-11-13-24(14-12-22)29(27,28)23-9-5-1-2-6-10-23/h3-4,7-8,15H,1-2,5-6,9-14H2,(H,21,25). The van der Waals surface area contributed by atoms with E-state index in [1.807, 2.05) is 6.07 Å². The highest BCUT2D eigenvalue weighted by molar-refractivity contribution is 7.86. The van der Waals surface area contributed by atoms with Gasteiger partial charge in [0.2, 0.25) is 5.56 Å². The Balaban J connectivity index is 1.49. The molecule has 0 atom stereocenters. The SMILES string of the molecule is O=C(c1cc(=O)[nH]c2ccccc12)N1CCN(S(=O)(=O)N2CCCCCC2)CC1. The van der Waals surface area contributed by atoms with Crippen LogP contribution in [0.5, 0.6) is 0 Å². The first-order valence-corrected chi connectivity index (χ1v) is 11.5. The van der Waals surface area contributed by atoms with Crippen LogP contribution < -0.4 is 5.56 Å². The van der Waals surface area contributed by atoms with Crippen molar-refractivity contribution in [3.63, 3.8) is 0 Å². The summed E-state index contributed by atoms with van der Waals surface area (Å²) in [5, 5.41) is 0.691. The number of carbonyl (C=O) groups excluding carboxylic acids is 1. The number of aromatic nitrogens is 1. The van der Waals surface area contributed by atoms with E-state index in [2.05, 4.69) is 4.98 Å². The van der Waals surface area contributed by atoms with Crippen molar-refractivity contribution in [1.29, 1.82) is 0 Å². The fourth-order valence-corrected chi connectivity index (χ4v) is 5.78. The molecule has 8 nitrogen and oxygen atoms in total. The van der Waals surface area contributed by atoms with E-state index < -0.39 is 10.2 Å². The molecule has 0 saturated carbocycles. The molecular weight excluding hydrogens is 392 g/mol. The molecule has 0 spiro atoms. The van der Waals surface area contributed by atoms with Crippen molar-refractivity contribution in [3.05, 3.63) is 46.2 Å². The Bertz CT molecular complexity index is 1050. The maximum atomic E-state index is 13.1. The number of benzene rings is 1. The zero-order chi connectivity index (χ0) is 20.4. The molecule has 2 aliphatic heterocycles. The first-order chi connectivity index (χ1) is 14.0. The molecule has 0 aliphatic carbocycles. The monoisotopic (exact) mass is 418 g/mol. The van der Waals surface area contributed by atoms with E-state index in [0.717, 1.165) is 25.7 Å². The lowest BCUT2D eigenvalue weighted by atomic mass is 10.1. The molecule has 2 aliphatic rings. The summed E-state index contributed by atoms with van der Waals surface area (Å²) in [6, 6.07) is 8.52. The minimum absolute atomic E-state index is 0.237. The van der Waals surface area contributed by atoms with Gasteiger partial charge in [-0.15, -0.1) is 0 Å². The molecule has 1 amide bonds. The molecule has 1 aromatic carbocycles. The van der Waals surface area contributed by atoms with Gasteiger partial charge in [0.15, 0.2) is 0 Å². The summed E-state index contributed by atoms with van der Waals surface area (Å²) < 4.78 is 29.0. The number of H-pyrrole nitrogens is 1. The second-order valence-corrected chi connectivity index (χ2v) is 9.53. The molecule has 1 aromatic heterocycles. The minimum Gasteiger partial charge on any atom is -0.336 e. The van der Waals surface area contributed by atoms with Crippen molar-refractivity contribution in [2.24, 2.45) is 0 Å². The Morgan fingerprint density at radius 3 is 2.17 bits per heavy atom. The third-order valence-electron chi connectivity index (χ3n) is 5.72. The van der Waals surface area contributed by atoms with E-state index in [9.17, 15) is 18.0 Å². The summed E-state index contributed by atoms with van der Waals surface area (Å²) >= 11 is 0. The zero-order valence-electron chi connectivity index (χ0n) is 16.3. The number of aromatic amines is 1. The van der Waals surface area contributed by atoms with E-state index in [1.165, 1.54) is 10.4 Å². The van der Waals surface area contributed by atoms with Gasteiger partial charge in [0.25, 0.3) is 16.1 Å². The third-order valence-corrected chi connectivity index (χ3v) is 7.76. The van der Waals surface area contributed by atoms with Crippen LogP contribution in [0.3, 0.4) is 0 Å². The quantitative estimate of drug-likeness (QED) is 0.815. The van der Waals surface area contributed by atoms with E-state index in [1.54, 1.807) is 27.4 Å². The Labute approximate surface area is 170 Å². The molecule has 9 heteroatoms. The number of hydrogen-bond acceptors (Lipinski definition) is 4. The fraction of sp³-hybridized carbons (Fsp3) is 0.500. The summed E-state index contributed by atoms with van der Waals surface area (Å²) in [5.74, 6) is -0.237. The van der Waals surface area contributed by atoms with E-state index in [-0.39, 0.29) is 24.6 Å². The van der Waals surface area contributed by atoms with Crippen LogP contribution in [0.4, 0.5) is 0 Å². The van der Waals surface area contributed by atoms with Crippen molar-refractivity contribution in [2.45, 2.75) is 25.7 Å². The maximum Gasteiger partial charge on any atom is 0.282 e. The molecular formula is C20H26N4O4S. The van der Waals surface area contributed by atoms with E-state index in [4.69, 9.17) is 0 Å². The summed E-state index contributed by atoms with van der Waals surface area (Å²) in [4.78, 5) is 29.4. The van der Waals surface area contributed by atoms with Gasteiger partial charge in [-0.1, -0.05) is 31.0 Å². The van der Waals surface area contributed by atoms with Gasteiger partial charge in [-0.25, -0.2) is 0 Å². The topological polar surface area (TPSA) is 93.8 Å². The molecule has 2 aromatic rings. The summed E-state index contributed by atoms with van der Waals surface area (Å²) in [7, 11) is -3.49. The number of rotatable bonds is 3. The number of pyridine rings is 1. The molecule has 4 rings (SSSR count). The van der Waals surface area contributed by atoms with Crippen LogP contribution in [-0.4, -0.2) is 72.1 Å². The lowest BCUT2D eigenvalue weighted by molar-refractivity contribution is 0.0696. The van der Waals surface area contributed by atoms with Crippen molar-refractivity contribution < 1.29 is 13.2 Å². The molecule has 0 radical (unpaired) electrons. The molecule has 1 N–H and O–H groups in total. The van der Waals surface area contributed by atoms with Crippen LogP contribution >= 0.6 is 0 Å². The van der Waals surface area contributed by atoms with Gasteiger partial charge in [0.1, 0.15) is 0 Å². The molecule has 3 heterocycles. The van der Waals surface area contributed by atoms with Crippen LogP contribution in [0.1, 0.15) is 36.0 Å². The van der Waals surface area contributed by atoms with Gasteiger partial charge in [-0.2, -0.15) is 17.0 Å². The average Bonchev–Trinajstić information content (AvgIpc) is 3.03. The van der Waals surface area contributed by atoms with Gasteiger partial charge in [0, 0.05) is 56.2 Å². The van der Waals surface area contributed by atoms with Crippen molar-refractivity contribution >= 4 is 27.0 Å². The van der Waals surface area contributed by atoms with Crippen LogP contribution in [-0.2, 0) is 10.2 Å². The first-order valence-electron chi connectivity index (χ1n) is 10.1. The maximum absolute atomic E-state index is 13.1. The Kier molecular flexibility index (Phi) is 5.71. The van der Waals surface area contributed by atoms with Crippen LogP contribution in [0.2, 0.25) is 0 Å². The van der Waals surface area contributed by atoms with Crippen molar-refractivity contribution in [1.82, 2.24) is 18.5 Å². The van der Waals surface area contributed by atoms with Gasteiger partial charge < -0.3 is 9.88 Å². The molecule has 0 unspecified atom stereocenters. The summed E-state index contributed by atoms with van der Waals surface area (Å²) in [6.45, 7) is 2.30. The molecule has 2 saturated heterocycles. The smallest absolute Gasteiger partial charge is 0.282 e. The first kappa shape index (κ1) is 20.1. The largest absolute Gasteiger partial charge is 0.336 e. The predicted molar refractivity (Wildman–Crippen MR) is 111 cm³/mol. The van der Waals surface area contributed by atoms with Gasteiger partial charge in [-0.05, 0) is 18.9 Å². The Morgan fingerprint density at radius 1 is 0.862 bits per heavy atom. The van der Waals surface area contributed by atoms with E-state index in [0.29, 0.717) is 42.6 Å². The predicted octanol–water partition coefficient (Wildman–Crippen LogP) is 1.41. The van der Waals surface area contributed by atoms with Crippen molar-refractivity contribution in [3.8, 4) is 0 Å². The second-order valence-electron chi connectivity index (χ2n) is 7.61. The normalized spacial score (nSPS) is 19.9. The highest BCUT2D eigenvalue weighted by atomic mass is 32.2. The summed E-state index contributed by atoms with van der Waals surface area (Å²) in [6.07, 6.45) is 3.93. The minimum atomic E-state index is -3.49. The number of amides is 1. The number of nitrogens with zero attached hydrogens (tertiary/aromatic N) is 3. The number of fused-ring (bicyclic) bond motifs is 1. The van der Waals surface area contributed by atoms with Gasteiger partial charge in [-0.3, -0.25) is 9.59 Å². The number of nitrogens with one attached hydrogen (secondary N) is 1. The Morgan fingerprint density at radius 2 is 1.48 bits per heavy atom. The number of carbonyl (C=O) groups is 1. The highest BCUT2D eigenvalue weighted by Crippen LogP contribution is 2.20. The highest BCUT2D eigenvalue weighted by Gasteiger charge is 2.34. The van der Waals surface area contributed by atoms with Gasteiger partial charge >= 0.3 is 0 Å². The number of hydrogen-bond donors (Lipinski definition) is 1. The summed E-state index contributed by atoms with van der Waals surface area (Å²) in [5.41, 5.74) is 0.647. The van der Waals surface area contributed by atoms with Crippen LogP contribution in [0.15, 0.2) is 35.1 Å². The van der Waals surface area contributed by atoms with Gasteiger partial charge in [0.05, 0.1) is 5.56 Å². The van der Waals surface area contributed by atoms with Crippen LogP contribution in [0, 0.1) is 0 Å². The lowest BCUT2D eigenvalue weighted by Crippen LogP contribution is -2.54. The third kappa shape index (κ3) is 4.08. The van der Waals surface area contributed by atoms with E-state index >= 15 is 0 Å². The molecule has 29 heavy (non-hydrogen) atoms. The second kappa shape index (κ2) is 8.25.